The lowest BCUT2D eigenvalue weighted by Crippen LogP contribution is -2.30. The van der Waals surface area contributed by atoms with Crippen molar-refractivity contribution in [1.29, 1.82) is 0 Å². The van der Waals surface area contributed by atoms with Crippen molar-refractivity contribution in [1.82, 2.24) is 10.2 Å². The molecule has 27 heavy (non-hydrogen) atoms. The summed E-state index contributed by atoms with van der Waals surface area (Å²) in [6, 6.07) is 21.0. The summed E-state index contributed by atoms with van der Waals surface area (Å²) in [7, 11) is 0. The molecule has 1 aliphatic rings. The Morgan fingerprint density at radius 1 is 1.00 bits per heavy atom. The third-order valence-corrected chi connectivity index (χ3v) is 6.37. The van der Waals surface area contributed by atoms with Gasteiger partial charge in [0.05, 0.1) is 5.75 Å². The molecular weight excluding hydrogens is 372 g/mol. The molecule has 3 nitrogen and oxygen atoms in total. The van der Waals surface area contributed by atoms with Crippen LogP contribution in [0.2, 0.25) is 0 Å². The van der Waals surface area contributed by atoms with E-state index in [0.29, 0.717) is 12.3 Å². The van der Waals surface area contributed by atoms with E-state index in [-0.39, 0.29) is 11.8 Å². The van der Waals surface area contributed by atoms with Gasteiger partial charge in [-0.15, -0.1) is 0 Å². The van der Waals surface area contributed by atoms with Crippen molar-refractivity contribution in [3.05, 3.63) is 71.8 Å². The zero-order chi connectivity index (χ0) is 18.9. The second kappa shape index (κ2) is 10.5. The number of benzene rings is 2. The first-order valence-corrected chi connectivity index (χ1v) is 10.9. The molecule has 0 saturated carbocycles. The minimum Gasteiger partial charge on any atom is -0.358 e. The van der Waals surface area contributed by atoms with Crippen LogP contribution in [-0.4, -0.2) is 40.5 Å². The summed E-state index contributed by atoms with van der Waals surface area (Å²) in [6.45, 7) is 2.72. The minimum atomic E-state index is 0.0569. The molecule has 1 aliphatic heterocycles. The highest BCUT2D eigenvalue weighted by molar-refractivity contribution is 8.23. The number of rotatable bonds is 7. The molecule has 1 N–H and O–H groups in total. The van der Waals surface area contributed by atoms with E-state index in [1.165, 1.54) is 35.7 Å². The number of nitrogens with zero attached hydrogens (tertiary/aromatic N) is 1. The third kappa shape index (κ3) is 6.08. The van der Waals surface area contributed by atoms with Gasteiger partial charge >= 0.3 is 0 Å². The van der Waals surface area contributed by atoms with Crippen LogP contribution in [0.3, 0.4) is 0 Å². The van der Waals surface area contributed by atoms with Crippen molar-refractivity contribution in [3.8, 4) is 0 Å². The highest BCUT2D eigenvalue weighted by atomic mass is 32.2. The molecule has 0 aliphatic carbocycles. The molecule has 2 aromatic carbocycles. The van der Waals surface area contributed by atoms with E-state index in [0.717, 1.165) is 23.8 Å². The fourth-order valence-corrected chi connectivity index (χ4v) is 4.50. The molecular formula is C22H26N2OS2. The van der Waals surface area contributed by atoms with E-state index in [2.05, 4.69) is 58.7 Å². The Kier molecular flexibility index (Phi) is 7.72. The first kappa shape index (κ1) is 19.9. The van der Waals surface area contributed by atoms with Crippen LogP contribution in [0.4, 0.5) is 0 Å². The largest absolute Gasteiger partial charge is 0.358 e. The molecule has 1 saturated heterocycles. The van der Waals surface area contributed by atoms with Gasteiger partial charge in [0.15, 0.2) is 0 Å². The monoisotopic (exact) mass is 398 g/mol. The summed E-state index contributed by atoms with van der Waals surface area (Å²) in [6.07, 6.45) is 3.28. The Balaban J connectivity index is 1.49. The highest BCUT2D eigenvalue weighted by Crippen LogP contribution is 2.27. The molecule has 5 heteroatoms. The predicted octanol–water partition coefficient (Wildman–Crippen LogP) is 4.44. The van der Waals surface area contributed by atoms with Crippen LogP contribution in [0.5, 0.6) is 0 Å². The van der Waals surface area contributed by atoms with Gasteiger partial charge in [0.25, 0.3) is 0 Å². The number of hydrogen-bond donors (Lipinski definition) is 1. The smallest absolute Gasteiger partial charge is 0.230 e. The molecule has 0 spiro atoms. The molecule has 1 amide bonds. The summed E-state index contributed by atoms with van der Waals surface area (Å²) >= 11 is 6.90. The van der Waals surface area contributed by atoms with E-state index in [1.54, 1.807) is 0 Å². The van der Waals surface area contributed by atoms with Gasteiger partial charge in [-0.1, -0.05) is 84.6 Å². The third-order valence-electron chi connectivity index (χ3n) is 4.85. The summed E-state index contributed by atoms with van der Waals surface area (Å²) in [5, 5.41) is 3.06. The second-order valence-corrected chi connectivity index (χ2v) is 8.37. The average molecular weight is 399 g/mol. The van der Waals surface area contributed by atoms with Gasteiger partial charge in [0.1, 0.15) is 4.32 Å². The molecule has 0 atom stereocenters. The Labute approximate surface area is 171 Å². The number of likely N-dealkylation sites (tertiary alicyclic amines) is 1. The Morgan fingerprint density at radius 3 is 2.11 bits per heavy atom. The fraction of sp³-hybridized carbons (Fsp3) is 0.364. The predicted molar refractivity (Wildman–Crippen MR) is 118 cm³/mol. The maximum atomic E-state index is 12.2. The quantitative estimate of drug-likeness (QED) is 0.699. The molecule has 0 bridgehead atoms. The number of carbonyl (C=O) groups excluding carboxylic acids is 1. The number of carbonyl (C=O) groups is 1. The Morgan fingerprint density at radius 2 is 1.56 bits per heavy atom. The van der Waals surface area contributed by atoms with E-state index in [4.69, 9.17) is 12.2 Å². The summed E-state index contributed by atoms with van der Waals surface area (Å²) in [5.74, 6) is 0.740. The normalized spacial score (nSPS) is 13.7. The van der Waals surface area contributed by atoms with E-state index < -0.39 is 0 Å². The van der Waals surface area contributed by atoms with Crippen LogP contribution in [0.15, 0.2) is 60.7 Å². The zero-order valence-electron chi connectivity index (χ0n) is 15.5. The standard InChI is InChI=1S/C22H26N2OS2/c25-21(17-27-22(26)24-15-7-8-16-24)23-14-13-20(18-9-3-1-4-10-18)19-11-5-2-6-12-19/h1-6,9-12,20H,7-8,13-17H2,(H,23,25). The van der Waals surface area contributed by atoms with Crippen LogP contribution in [-0.2, 0) is 4.79 Å². The van der Waals surface area contributed by atoms with Gasteiger partial charge in [0, 0.05) is 25.6 Å². The van der Waals surface area contributed by atoms with E-state index in [9.17, 15) is 4.79 Å². The molecule has 3 rings (SSSR count). The Bertz CT molecular complexity index is 691. The van der Waals surface area contributed by atoms with Crippen molar-refractivity contribution >= 4 is 34.2 Å². The van der Waals surface area contributed by atoms with Crippen LogP contribution >= 0.6 is 24.0 Å². The van der Waals surface area contributed by atoms with Crippen molar-refractivity contribution < 1.29 is 4.79 Å². The van der Waals surface area contributed by atoms with Gasteiger partial charge < -0.3 is 10.2 Å². The summed E-state index contributed by atoms with van der Waals surface area (Å²) in [4.78, 5) is 14.4. The van der Waals surface area contributed by atoms with Gasteiger partial charge in [-0.2, -0.15) is 0 Å². The SMILES string of the molecule is O=C(CSC(=S)N1CCCC1)NCCC(c1ccccc1)c1ccccc1. The lowest BCUT2D eigenvalue weighted by atomic mass is 9.88. The number of amides is 1. The molecule has 1 fully saturated rings. The lowest BCUT2D eigenvalue weighted by Gasteiger charge is -2.19. The molecule has 0 unspecified atom stereocenters. The molecule has 2 aromatic rings. The van der Waals surface area contributed by atoms with Crippen molar-refractivity contribution in [2.75, 3.05) is 25.4 Å². The molecule has 0 radical (unpaired) electrons. The fourth-order valence-electron chi connectivity index (χ4n) is 3.42. The van der Waals surface area contributed by atoms with E-state index in [1.807, 2.05) is 12.1 Å². The molecule has 0 aromatic heterocycles. The number of thiocarbonyl (C=S) groups is 1. The van der Waals surface area contributed by atoms with Gasteiger partial charge in [-0.05, 0) is 30.4 Å². The molecule has 142 valence electrons. The number of hydrogen-bond acceptors (Lipinski definition) is 3. The van der Waals surface area contributed by atoms with Gasteiger partial charge in [0.2, 0.25) is 5.91 Å². The van der Waals surface area contributed by atoms with E-state index >= 15 is 0 Å². The molecule has 1 heterocycles. The zero-order valence-corrected chi connectivity index (χ0v) is 17.1. The first-order chi connectivity index (χ1) is 13.2. The highest BCUT2D eigenvalue weighted by Gasteiger charge is 2.17. The summed E-state index contributed by atoms with van der Waals surface area (Å²) in [5.41, 5.74) is 2.56. The van der Waals surface area contributed by atoms with Crippen molar-refractivity contribution in [3.63, 3.8) is 0 Å². The van der Waals surface area contributed by atoms with Crippen LogP contribution in [0.25, 0.3) is 0 Å². The van der Waals surface area contributed by atoms with Crippen LogP contribution in [0, 0.1) is 0 Å². The topological polar surface area (TPSA) is 32.3 Å². The van der Waals surface area contributed by atoms with Crippen LogP contribution in [0.1, 0.15) is 36.3 Å². The second-order valence-electron chi connectivity index (χ2n) is 6.76. The summed E-state index contributed by atoms with van der Waals surface area (Å²) < 4.78 is 0.856. The lowest BCUT2D eigenvalue weighted by molar-refractivity contribution is -0.118. The number of thioether (sulfide) groups is 1. The van der Waals surface area contributed by atoms with Gasteiger partial charge in [-0.25, -0.2) is 0 Å². The minimum absolute atomic E-state index is 0.0569. The Hall–Kier alpha value is -1.85. The van der Waals surface area contributed by atoms with Gasteiger partial charge in [-0.3, -0.25) is 4.79 Å². The maximum Gasteiger partial charge on any atom is 0.230 e. The number of nitrogens with one attached hydrogen (secondary N) is 1. The maximum absolute atomic E-state index is 12.2. The van der Waals surface area contributed by atoms with Crippen molar-refractivity contribution in [2.24, 2.45) is 0 Å². The van der Waals surface area contributed by atoms with Crippen LogP contribution < -0.4 is 5.32 Å². The first-order valence-electron chi connectivity index (χ1n) is 9.52. The average Bonchev–Trinajstić information content (AvgIpc) is 3.26. The van der Waals surface area contributed by atoms with Crippen molar-refractivity contribution in [2.45, 2.75) is 25.2 Å².